The number of hydrogen-bond donors (Lipinski definition) is 2. The van der Waals surface area contributed by atoms with Crippen molar-refractivity contribution < 1.29 is 13.2 Å². The van der Waals surface area contributed by atoms with Crippen molar-refractivity contribution in [2.24, 2.45) is 5.73 Å². The average molecular weight is 152 g/mol. The van der Waals surface area contributed by atoms with Crippen molar-refractivity contribution in [2.75, 3.05) is 12.8 Å². The maximum absolute atomic E-state index is 10.2. The van der Waals surface area contributed by atoms with Crippen LogP contribution in [0.5, 0.6) is 0 Å². The molecule has 6 heteroatoms. The Bertz CT molecular complexity index is 195. The quantitative estimate of drug-likeness (QED) is 0.480. The maximum atomic E-state index is 10.2. The number of amides is 1. The highest BCUT2D eigenvalue weighted by Gasteiger charge is 2.03. The second-order valence-corrected chi connectivity index (χ2v) is 3.25. The maximum Gasteiger partial charge on any atom is 0.247 e. The van der Waals surface area contributed by atoms with Gasteiger partial charge in [-0.1, -0.05) is 0 Å². The Kier molecular flexibility index (Phi) is 2.60. The van der Waals surface area contributed by atoms with E-state index in [4.69, 9.17) is 5.73 Å². The zero-order valence-corrected chi connectivity index (χ0v) is 5.73. The van der Waals surface area contributed by atoms with Gasteiger partial charge in [0.25, 0.3) is 0 Å². The molecule has 0 fully saturated rings. The summed E-state index contributed by atoms with van der Waals surface area (Å²) in [6.45, 7) is -0.312. The first-order valence-corrected chi connectivity index (χ1v) is 4.05. The molecule has 0 saturated carbocycles. The van der Waals surface area contributed by atoms with Gasteiger partial charge in [-0.2, -0.15) is 0 Å². The predicted molar refractivity (Wildman–Crippen MR) is 32.0 cm³/mol. The molecule has 0 heterocycles. The monoisotopic (exact) mass is 152 g/mol. The second-order valence-electron chi connectivity index (χ2n) is 1.50. The third-order valence-corrected chi connectivity index (χ3v) is 1.08. The van der Waals surface area contributed by atoms with Crippen molar-refractivity contribution in [3.8, 4) is 0 Å². The first kappa shape index (κ1) is 8.38. The Morgan fingerprint density at radius 1 is 1.67 bits per heavy atom. The van der Waals surface area contributed by atoms with E-state index in [-0.39, 0.29) is 6.54 Å². The lowest BCUT2D eigenvalue weighted by molar-refractivity contribution is -0.117. The fourth-order valence-electron chi connectivity index (χ4n) is 0.248. The van der Waals surface area contributed by atoms with Crippen molar-refractivity contribution in [3.05, 3.63) is 0 Å². The molecule has 1 amide bonds. The van der Waals surface area contributed by atoms with E-state index in [9.17, 15) is 13.2 Å². The molecule has 0 unspecified atom stereocenters. The summed E-state index contributed by atoms with van der Waals surface area (Å²) in [4.78, 5) is 10.2. The van der Waals surface area contributed by atoms with E-state index in [1.165, 1.54) is 0 Å². The molecular weight excluding hydrogens is 144 g/mol. The second kappa shape index (κ2) is 2.79. The predicted octanol–water partition coefficient (Wildman–Crippen LogP) is -1.98. The summed E-state index contributed by atoms with van der Waals surface area (Å²) in [6, 6.07) is 0. The van der Waals surface area contributed by atoms with E-state index in [1.54, 1.807) is 4.72 Å². The fourth-order valence-corrected chi connectivity index (χ4v) is 0.745. The number of nitrogens with one attached hydrogen (secondary N) is 1. The first-order chi connectivity index (χ1) is 3.95. The van der Waals surface area contributed by atoms with Crippen LogP contribution >= 0.6 is 0 Å². The van der Waals surface area contributed by atoms with Gasteiger partial charge in [0, 0.05) is 0 Å². The molecule has 0 spiro atoms. The smallest absolute Gasteiger partial charge is 0.247 e. The van der Waals surface area contributed by atoms with Gasteiger partial charge in [-0.25, -0.2) is 8.42 Å². The normalized spacial score (nSPS) is 10.9. The summed E-state index contributed by atoms with van der Waals surface area (Å²) >= 11 is 0. The number of carbonyl (C=O) groups excluding carboxylic acids is 1. The van der Waals surface area contributed by atoms with Crippen LogP contribution in [0.25, 0.3) is 0 Å². The zero-order chi connectivity index (χ0) is 7.49. The van der Waals surface area contributed by atoms with Gasteiger partial charge in [0.15, 0.2) is 0 Å². The number of carbonyl (C=O) groups is 1. The Hall–Kier alpha value is -0.620. The van der Waals surface area contributed by atoms with Crippen molar-refractivity contribution in [1.82, 2.24) is 4.72 Å². The summed E-state index contributed by atoms with van der Waals surface area (Å²) in [7, 11) is -3.41. The minimum Gasteiger partial charge on any atom is -0.322 e. The van der Waals surface area contributed by atoms with E-state index < -0.39 is 15.9 Å². The Morgan fingerprint density at radius 2 is 2.11 bits per heavy atom. The highest BCUT2D eigenvalue weighted by atomic mass is 32.2. The van der Waals surface area contributed by atoms with Gasteiger partial charge in [0.1, 0.15) is 0 Å². The van der Waals surface area contributed by atoms with Gasteiger partial charge in [-0.3, -0.25) is 9.52 Å². The Labute approximate surface area is 53.3 Å². The summed E-state index contributed by atoms with van der Waals surface area (Å²) in [5.41, 5.74) is 4.80. The van der Waals surface area contributed by atoms with Crippen LogP contribution in [-0.2, 0) is 14.8 Å². The van der Waals surface area contributed by atoms with Gasteiger partial charge in [-0.15, -0.1) is 0 Å². The molecule has 0 aromatic carbocycles. The summed E-state index contributed by atoms with van der Waals surface area (Å²) in [5.74, 6) is -0.697. The highest BCUT2D eigenvalue weighted by Crippen LogP contribution is 1.70. The lowest BCUT2D eigenvalue weighted by Crippen LogP contribution is -2.34. The minimum absolute atomic E-state index is 0.312. The van der Waals surface area contributed by atoms with Crippen molar-refractivity contribution in [2.45, 2.75) is 0 Å². The lowest BCUT2D eigenvalue weighted by Gasteiger charge is -1.96. The van der Waals surface area contributed by atoms with Gasteiger partial charge in [-0.05, 0) is 0 Å². The van der Waals surface area contributed by atoms with E-state index in [2.05, 4.69) is 0 Å². The molecule has 0 aliphatic carbocycles. The van der Waals surface area contributed by atoms with E-state index in [0.717, 1.165) is 6.26 Å². The van der Waals surface area contributed by atoms with Crippen LogP contribution in [0.4, 0.5) is 0 Å². The van der Waals surface area contributed by atoms with Crippen LogP contribution in [0.3, 0.4) is 0 Å². The Balaban J connectivity index is 3.91. The van der Waals surface area contributed by atoms with Crippen LogP contribution in [0.15, 0.2) is 0 Å². The summed E-state index contributed by atoms with van der Waals surface area (Å²) in [5, 5.41) is 0. The van der Waals surface area contributed by atoms with Crippen LogP contribution < -0.4 is 10.5 Å². The van der Waals surface area contributed by atoms with E-state index >= 15 is 0 Å². The Morgan fingerprint density at radius 3 is 2.22 bits per heavy atom. The molecule has 0 rings (SSSR count). The molecule has 0 aromatic heterocycles. The molecule has 0 radical (unpaired) electrons. The zero-order valence-electron chi connectivity index (χ0n) is 4.92. The van der Waals surface area contributed by atoms with Crippen LogP contribution in [-0.4, -0.2) is 27.1 Å². The number of nitrogens with two attached hydrogens (primary N) is 1. The third kappa shape index (κ3) is 5.25. The largest absolute Gasteiger partial charge is 0.322 e. The van der Waals surface area contributed by atoms with Crippen molar-refractivity contribution in [1.29, 1.82) is 0 Å². The fraction of sp³-hybridized carbons (Fsp3) is 0.667. The molecule has 0 saturated heterocycles. The molecule has 0 aliphatic rings. The molecule has 0 bridgehead atoms. The summed E-state index contributed by atoms with van der Waals surface area (Å²) < 4.78 is 22.1. The van der Waals surface area contributed by atoms with Crippen LogP contribution in [0.1, 0.15) is 0 Å². The summed E-state index contributed by atoms with van der Waals surface area (Å²) in [6.07, 6.45) is 0.889. The van der Waals surface area contributed by atoms with Crippen LogP contribution in [0.2, 0.25) is 0 Å². The molecule has 0 aromatic rings. The molecule has 5 nitrogen and oxygen atoms in total. The van der Waals surface area contributed by atoms with Crippen molar-refractivity contribution >= 4 is 15.9 Å². The van der Waals surface area contributed by atoms with Gasteiger partial charge in [0.05, 0.1) is 12.8 Å². The van der Waals surface area contributed by atoms with E-state index in [0.29, 0.717) is 0 Å². The average Bonchev–Trinajstić information content (AvgIpc) is 1.62. The van der Waals surface area contributed by atoms with Gasteiger partial charge >= 0.3 is 0 Å². The number of sulfonamides is 1. The number of rotatable bonds is 2. The minimum atomic E-state index is -3.41. The molecule has 9 heavy (non-hydrogen) atoms. The molecule has 3 N–H and O–H groups in total. The van der Waals surface area contributed by atoms with Crippen LogP contribution in [0, 0.1) is 0 Å². The van der Waals surface area contributed by atoms with Gasteiger partial charge in [0.2, 0.25) is 15.9 Å². The highest BCUT2D eigenvalue weighted by molar-refractivity contribution is 7.89. The third-order valence-electron chi connectivity index (χ3n) is 0.485. The molecular formula is C3H8N2O3S. The topological polar surface area (TPSA) is 89.3 Å². The van der Waals surface area contributed by atoms with Gasteiger partial charge < -0.3 is 5.73 Å². The standard InChI is InChI=1S/C3H8N2O3S/c1-9(7,8)5-3(6)2-4/h2,4H2,1H3,(H,5,6). The molecule has 0 aliphatic heterocycles. The molecule has 0 atom stereocenters. The SMILES string of the molecule is CS(=O)(=O)NC(=O)CN. The van der Waals surface area contributed by atoms with E-state index in [1.807, 2.05) is 0 Å². The first-order valence-electron chi connectivity index (χ1n) is 2.16. The lowest BCUT2D eigenvalue weighted by atomic mass is 10.7. The molecule has 54 valence electrons. The number of hydrogen-bond acceptors (Lipinski definition) is 4. The van der Waals surface area contributed by atoms with Crippen molar-refractivity contribution in [3.63, 3.8) is 0 Å².